The molecule has 0 spiro atoms. The molecule has 0 radical (unpaired) electrons. The highest BCUT2D eigenvalue weighted by molar-refractivity contribution is 5.09. The van der Waals surface area contributed by atoms with Gasteiger partial charge in [-0.1, -0.05) is 6.07 Å². The Morgan fingerprint density at radius 1 is 1.43 bits per heavy atom. The van der Waals surface area contributed by atoms with E-state index in [-0.39, 0.29) is 5.41 Å². The van der Waals surface area contributed by atoms with Crippen LogP contribution in [0.5, 0.6) is 0 Å². The molecule has 1 unspecified atom stereocenters. The first-order valence-corrected chi connectivity index (χ1v) is 8.07. The Morgan fingerprint density at radius 3 is 2.95 bits per heavy atom. The Bertz CT molecular complexity index is 467. The number of hydrogen-bond acceptors (Lipinski definition) is 4. The number of nitrogens with zero attached hydrogens (tertiary/aromatic N) is 2. The summed E-state index contributed by atoms with van der Waals surface area (Å²) in [5, 5.41) is 3.70. The van der Waals surface area contributed by atoms with Gasteiger partial charge < -0.3 is 10.1 Å². The summed E-state index contributed by atoms with van der Waals surface area (Å²) in [4.78, 5) is 7.00. The van der Waals surface area contributed by atoms with Gasteiger partial charge in [-0.3, -0.25) is 9.88 Å². The average Bonchev–Trinajstić information content (AvgIpc) is 3.17. The summed E-state index contributed by atoms with van der Waals surface area (Å²) in [7, 11) is 2.20. The minimum absolute atomic E-state index is 0.279. The summed E-state index contributed by atoms with van der Waals surface area (Å²) >= 11 is 0. The van der Waals surface area contributed by atoms with Crippen LogP contribution in [0, 0.1) is 12.3 Å². The average molecular weight is 289 g/mol. The Kier molecular flexibility index (Phi) is 4.57. The lowest BCUT2D eigenvalue weighted by molar-refractivity contribution is 0.116. The molecule has 1 atom stereocenters. The lowest BCUT2D eigenvalue weighted by Crippen LogP contribution is -2.44. The molecule has 116 valence electrons. The zero-order valence-corrected chi connectivity index (χ0v) is 13.3. The van der Waals surface area contributed by atoms with Gasteiger partial charge in [0.05, 0.1) is 12.3 Å². The number of ether oxygens (including phenoxy) is 1. The normalized spacial score (nSPS) is 25.7. The second kappa shape index (κ2) is 6.42. The van der Waals surface area contributed by atoms with Crippen LogP contribution in [0.3, 0.4) is 0 Å². The number of aryl methyl sites for hydroxylation is 1. The van der Waals surface area contributed by atoms with Crippen LogP contribution < -0.4 is 5.32 Å². The standard InChI is InChI=1S/C17H27N3O/c1-14-4-3-5-16(19-14)10-20(2)12-17(8-9-21-13-17)11-18-15-6-7-15/h3-5,15,18H,6-13H2,1-2H3. The molecule has 1 aliphatic heterocycles. The van der Waals surface area contributed by atoms with E-state index in [4.69, 9.17) is 4.74 Å². The summed E-state index contributed by atoms with van der Waals surface area (Å²) in [5.74, 6) is 0. The van der Waals surface area contributed by atoms with E-state index in [2.05, 4.69) is 47.4 Å². The molecule has 2 fully saturated rings. The van der Waals surface area contributed by atoms with Crippen molar-refractivity contribution in [2.24, 2.45) is 5.41 Å². The topological polar surface area (TPSA) is 37.4 Å². The fourth-order valence-electron chi connectivity index (χ4n) is 3.21. The molecule has 1 aliphatic carbocycles. The molecule has 21 heavy (non-hydrogen) atoms. The highest BCUT2D eigenvalue weighted by atomic mass is 16.5. The first-order chi connectivity index (χ1) is 10.2. The monoisotopic (exact) mass is 289 g/mol. The van der Waals surface area contributed by atoms with Gasteiger partial charge in [0.2, 0.25) is 0 Å². The fourth-order valence-corrected chi connectivity index (χ4v) is 3.21. The predicted molar refractivity (Wildman–Crippen MR) is 84.2 cm³/mol. The van der Waals surface area contributed by atoms with Crippen LogP contribution in [0.4, 0.5) is 0 Å². The SMILES string of the molecule is Cc1cccc(CN(C)CC2(CNC3CC3)CCOC2)n1. The van der Waals surface area contributed by atoms with Crippen molar-refractivity contribution in [3.63, 3.8) is 0 Å². The number of nitrogens with one attached hydrogen (secondary N) is 1. The zero-order valence-electron chi connectivity index (χ0n) is 13.3. The van der Waals surface area contributed by atoms with Crippen LogP contribution in [-0.2, 0) is 11.3 Å². The molecule has 4 heteroatoms. The van der Waals surface area contributed by atoms with Crippen molar-refractivity contribution in [2.75, 3.05) is 33.4 Å². The van der Waals surface area contributed by atoms with Crippen molar-refractivity contribution in [3.8, 4) is 0 Å². The van der Waals surface area contributed by atoms with E-state index in [1.54, 1.807) is 0 Å². The van der Waals surface area contributed by atoms with Crippen molar-refractivity contribution < 1.29 is 4.74 Å². The zero-order chi connectivity index (χ0) is 14.7. The number of aromatic nitrogens is 1. The molecule has 1 aromatic rings. The molecule has 2 heterocycles. The molecule has 1 saturated carbocycles. The predicted octanol–water partition coefficient (Wildman–Crippen LogP) is 1.98. The van der Waals surface area contributed by atoms with Crippen LogP contribution in [-0.4, -0.2) is 49.3 Å². The van der Waals surface area contributed by atoms with Crippen LogP contribution in [0.25, 0.3) is 0 Å². The minimum atomic E-state index is 0.279. The van der Waals surface area contributed by atoms with Gasteiger partial charge >= 0.3 is 0 Å². The fraction of sp³-hybridized carbons (Fsp3) is 0.706. The van der Waals surface area contributed by atoms with Crippen LogP contribution >= 0.6 is 0 Å². The molecular formula is C17H27N3O. The molecular weight excluding hydrogens is 262 g/mol. The summed E-state index contributed by atoms with van der Waals surface area (Å²) < 4.78 is 5.70. The maximum Gasteiger partial charge on any atom is 0.0547 e. The van der Waals surface area contributed by atoms with Gasteiger partial charge in [0.1, 0.15) is 0 Å². The summed E-state index contributed by atoms with van der Waals surface area (Å²) in [6.45, 7) is 6.91. The number of rotatable bonds is 7. The molecule has 1 N–H and O–H groups in total. The Balaban J connectivity index is 1.56. The molecule has 1 aromatic heterocycles. The van der Waals surface area contributed by atoms with E-state index in [1.165, 1.54) is 12.8 Å². The van der Waals surface area contributed by atoms with E-state index < -0.39 is 0 Å². The second-order valence-electron chi connectivity index (χ2n) is 6.90. The van der Waals surface area contributed by atoms with Gasteiger partial charge in [0.25, 0.3) is 0 Å². The van der Waals surface area contributed by atoms with Gasteiger partial charge in [-0.15, -0.1) is 0 Å². The highest BCUT2D eigenvalue weighted by Crippen LogP contribution is 2.31. The van der Waals surface area contributed by atoms with Gasteiger partial charge in [-0.2, -0.15) is 0 Å². The summed E-state index contributed by atoms with van der Waals surface area (Å²) in [6, 6.07) is 7.03. The largest absolute Gasteiger partial charge is 0.381 e. The maximum absolute atomic E-state index is 5.70. The van der Waals surface area contributed by atoms with E-state index in [9.17, 15) is 0 Å². The quantitative estimate of drug-likeness (QED) is 0.833. The van der Waals surface area contributed by atoms with E-state index in [0.29, 0.717) is 0 Å². The Labute approximate surface area is 127 Å². The van der Waals surface area contributed by atoms with Crippen molar-refractivity contribution in [3.05, 3.63) is 29.6 Å². The third-order valence-electron chi connectivity index (χ3n) is 4.51. The van der Waals surface area contributed by atoms with Gasteiger partial charge in [0.15, 0.2) is 0 Å². The first-order valence-electron chi connectivity index (χ1n) is 8.07. The first kappa shape index (κ1) is 14.9. The lowest BCUT2D eigenvalue weighted by Gasteiger charge is -2.32. The third kappa shape index (κ3) is 4.25. The van der Waals surface area contributed by atoms with E-state index >= 15 is 0 Å². The minimum Gasteiger partial charge on any atom is -0.381 e. The Hall–Kier alpha value is -0.970. The van der Waals surface area contributed by atoms with E-state index in [0.717, 1.165) is 56.7 Å². The smallest absolute Gasteiger partial charge is 0.0547 e. The molecule has 0 bridgehead atoms. The van der Waals surface area contributed by atoms with Gasteiger partial charge in [-0.05, 0) is 45.4 Å². The lowest BCUT2D eigenvalue weighted by atomic mass is 9.86. The molecule has 0 aromatic carbocycles. The summed E-state index contributed by atoms with van der Waals surface area (Å²) in [6.07, 6.45) is 3.86. The maximum atomic E-state index is 5.70. The molecule has 0 amide bonds. The van der Waals surface area contributed by atoms with E-state index in [1.807, 2.05) is 0 Å². The number of hydrogen-bond donors (Lipinski definition) is 1. The van der Waals surface area contributed by atoms with Crippen LogP contribution in [0.1, 0.15) is 30.7 Å². The number of pyridine rings is 1. The van der Waals surface area contributed by atoms with Crippen molar-refractivity contribution in [1.82, 2.24) is 15.2 Å². The van der Waals surface area contributed by atoms with Crippen molar-refractivity contribution in [2.45, 2.75) is 38.8 Å². The van der Waals surface area contributed by atoms with Crippen LogP contribution in [0.2, 0.25) is 0 Å². The van der Waals surface area contributed by atoms with Gasteiger partial charge in [-0.25, -0.2) is 0 Å². The second-order valence-corrected chi connectivity index (χ2v) is 6.90. The molecule has 2 aliphatic rings. The van der Waals surface area contributed by atoms with Gasteiger partial charge in [0, 0.05) is 43.4 Å². The van der Waals surface area contributed by atoms with Crippen molar-refractivity contribution >= 4 is 0 Å². The summed E-state index contributed by atoms with van der Waals surface area (Å²) in [5.41, 5.74) is 2.53. The molecule has 4 nitrogen and oxygen atoms in total. The van der Waals surface area contributed by atoms with Crippen molar-refractivity contribution in [1.29, 1.82) is 0 Å². The highest BCUT2D eigenvalue weighted by Gasteiger charge is 2.37. The third-order valence-corrected chi connectivity index (χ3v) is 4.51. The molecule has 1 saturated heterocycles. The Morgan fingerprint density at radius 2 is 2.29 bits per heavy atom. The van der Waals surface area contributed by atoms with Crippen LogP contribution in [0.15, 0.2) is 18.2 Å². The molecule has 3 rings (SSSR count).